The zero-order chi connectivity index (χ0) is 27.6. The molecule has 1 aromatic carbocycles. The van der Waals surface area contributed by atoms with Gasteiger partial charge in [0.15, 0.2) is 0 Å². The number of H-pyrrole nitrogens is 1. The van der Waals surface area contributed by atoms with E-state index in [2.05, 4.69) is 9.88 Å². The Hall–Kier alpha value is -4.03. The van der Waals surface area contributed by atoms with Gasteiger partial charge in [0.25, 0.3) is 17.4 Å². The van der Waals surface area contributed by atoms with Crippen LogP contribution in [0.1, 0.15) is 45.8 Å². The maximum Gasteiger partial charge on any atom is 0.355 e. The van der Waals surface area contributed by atoms with E-state index in [-0.39, 0.29) is 35.7 Å². The van der Waals surface area contributed by atoms with Crippen molar-refractivity contribution < 1.29 is 33.9 Å². The first-order valence-electron chi connectivity index (χ1n) is 12.3. The summed E-state index contributed by atoms with van der Waals surface area (Å²) in [6.07, 6.45) is 0. The maximum atomic E-state index is 13.4. The van der Waals surface area contributed by atoms with Crippen LogP contribution in [0, 0.1) is 24.0 Å². The zero-order valence-corrected chi connectivity index (χ0v) is 21.5. The van der Waals surface area contributed by atoms with Crippen molar-refractivity contribution >= 4 is 29.1 Å². The molecule has 1 amide bonds. The minimum Gasteiger partial charge on any atom is -0.507 e. The molecule has 0 radical (unpaired) electrons. The molecule has 202 valence electrons. The number of nitro groups is 1. The lowest BCUT2D eigenvalue weighted by molar-refractivity contribution is -0.384. The summed E-state index contributed by atoms with van der Waals surface area (Å²) in [6, 6.07) is 4.57. The van der Waals surface area contributed by atoms with Crippen LogP contribution in [-0.4, -0.2) is 88.5 Å². The van der Waals surface area contributed by atoms with Crippen LogP contribution in [0.3, 0.4) is 0 Å². The standard InChI is InChI=1S/C26H30N4O8/c1-4-38-26(34)21-15(2)19(16(3)27-21)23(31)20-22(17-5-7-18(8-6-17)30(35)36)29(25(33)24(20)32)10-9-28-11-13-37-14-12-28/h5-8,22,27,31H,4,9-14H2,1-3H3. The van der Waals surface area contributed by atoms with Gasteiger partial charge in [0.05, 0.1) is 36.4 Å². The molecule has 1 atom stereocenters. The topological polar surface area (TPSA) is 155 Å². The molecule has 2 saturated heterocycles. The quantitative estimate of drug-likeness (QED) is 0.132. The number of aliphatic hydroxyl groups is 1. The first-order valence-corrected chi connectivity index (χ1v) is 12.3. The van der Waals surface area contributed by atoms with Crippen LogP contribution in [-0.2, 0) is 19.1 Å². The summed E-state index contributed by atoms with van der Waals surface area (Å²) in [4.78, 5) is 56.1. The number of carbonyl (C=O) groups excluding carboxylic acids is 3. The van der Waals surface area contributed by atoms with Crippen molar-refractivity contribution in [3.63, 3.8) is 0 Å². The van der Waals surface area contributed by atoms with Gasteiger partial charge >= 0.3 is 5.97 Å². The molecule has 2 fully saturated rings. The van der Waals surface area contributed by atoms with E-state index >= 15 is 0 Å². The number of aromatic nitrogens is 1. The van der Waals surface area contributed by atoms with Crippen molar-refractivity contribution in [2.45, 2.75) is 26.8 Å². The van der Waals surface area contributed by atoms with Crippen molar-refractivity contribution in [3.05, 3.63) is 68.0 Å². The van der Waals surface area contributed by atoms with E-state index in [0.717, 1.165) is 0 Å². The molecule has 2 N–H and O–H groups in total. The van der Waals surface area contributed by atoms with Gasteiger partial charge < -0.3 is 24.5 Å². The largest absolute Gasteiger partial charge is 0.507 e. The van der Waals surface area contributed by atoms with E-state index in [1.807, 2.05) is 0 Å². The lowest BCUT2D eigenvalue weighted by atomic mass is 9.94. The second-order valence-electron chi connectivity index (χ2n) is 9.14. The highest BCUT2D eigenvalue weighted by Crippen LogP contribution is 2.41. The molecule has 0 saturated carbocycles. The minimum absolute atomic E-state index is 0.138. The number of nitro benzene ring substituents is 1. The van der Waals surface area contributed by atoms with Crippen LogP contribution >= 0.6 is 0 Å². The van der Waals surface area contributed by atoms with Crippen LogP contribution < -0.4 is 0 Å². The third-order valence-corrected chi connectivity index (χ3v) is 6.87. The fourth-order valence-corrected chi connectivity index (χ4v) is 4.96. The number of carbonyl (C=O) groups is 3. The number of aryl methyl sites for hydroxylation is 1. The first-order chi connectivity index (χ1) is 18.1. The molecular formula is C26H30N4O8. The average molecular weight is 527 g/mol. The van der Waals surface area contributed by atoms with Gasteiger partial charge in [-0.15, -0.1) is 0 Å². The fourth-order valence-electron chi connectivity index (χ4n) is 4.96. The molecule has 4 rings (SSSR count). The highest BCUT2D eigenvalue weighted by molar-refractivity contribution is 6.46. The summed E-state index contributed by atoms with van der Waals surface area (Å²) < 4.78 is 10.5. The Bertz CT molecular complexity index is 1290. The Morgan fingerprint density at radius 3 is 2.45 bits per heavy atom. The number of esters is 1. The number of hydrogen-bond acceptors (Lipinski definition) is 9. The molecule has 0 bridgehead atoms. The normalized spacial score (nSPS) is 19.7. The van der Waals surface area contributed by atoms with E-state index in [0.29, 0.717) is 49.7 Å². The second-order valence-corrected chi connectivity index (χ2v) is 9.14. The summed E-state index contributed by atoms with van der Waals surface area (Å²) in [7, 11) is 0. The van der Waals surface area contributed by atoms with Crippen LogP contribution in [0.2, 0.25) is 0 Å². The van der Waals surface area contributed by atoms with E-state index in [1.165, 1.54) is 29.2 Å². The molecular weight excluding hydrogens is 496 g/mol. The van der Waals surface area contributed by atoms with E-state index in [4.69, 9.17) is 9.47 Å². The highest BCUT2D eigenvalue weighted by atomic mass is 16.6. The van der Waals surface area contributed by atoms with Gasteiger partial charge in [-0.05, 0) is 44.0 Å². The number of aromatic amines is 1. The number of amides is 1. The number of nitrogens with one attached hydrogen (secondary N) is 1. The van der Waals surface area contributed by atoms with E-state index in [1.54, 1.807) is 20.8 Å². The number of ketones is 1. The number of morpholine rings is 1. The van der Waals surface area contributed by atoms with E-state index < -0.39 is 34.4 Å². The molecule has 3 heterocycles. The van der Waals surface area contributed by atoms with Crippen molar-refractivity contribution in [2.24, 2.45) is 0 Å². The van der Waals surface area contributed by atoms with Crippen molar-refractivity contribution in [1.82, 2.24) is 14.8 Å². The number of ether oxygens (including phenoxy) is 2. The van der Waals surface area contributed by atoms with Gasteiger partial charge in [0.1, 0.15) is 11.5 Å². The number of non-ortho nitro benzene ring substituents is 1. The van der Waals surface area contributed by atoms with E-state index in [9.17, 15) is 29.6 Å². The van der Waals surface area contributed by atoms with Gasteiger partial charge in [-0.25, -0.2) is 4.79 Å². The monoisotopic (exact) mass is 526 g/mol. The molecule has 2 aliphatic heterocycles. The maximum absolute atomic E-state index is 13.4. The molecule has 2 aliphatic rings. The van der Waals surface area contributed by atoms with Crippen LogP contribution in [0.25, 0.3) is 5.76 Å². The van der Waals surface area contributed by atoms with Gasteiger partial charge in [0, 0.05) is 49.6 Å². The number of benzene rings is 1. The van der Waals surface area contributed by atoms with Crippen LogP contribution in [0.4, 0.5) is 5.69 Å². The number of Topliss-reactive ketones (excluding diaryl/α,β-unsaturated/α-hetero) is 1. The van der Waals surface area contributed by atoms with Gasteiger partial charge in [-0.3, -0.25) is 24.6 Å². The number of likely N-dealkylation sites (tertiary alicyclic amines) is 1. The molecule has 0 spiro atoms. The minimum atomic E-state index is -0.975. The summed E-state index contributed by atoms with van der Waals surface area (Å²) in [5, 5.41) is 22.7. The third-order valence-electron chi connectivity index (χ3n) is 6.87. The summed E-state index contributed by atoms with van der Waals surface area (Å²) >= 11 is 0. The SMILES string of the molecule is CCOC(=O)c1[nH]c(C)c(C(O)=C2C(=O)C(=O)N(CCN3CCOCC3)C2c2ccc([N+](=O)[O-])cc2)c1C. The Balaban J connectivity index is 1.80. The smallest absolute Gasteiger partial charge is 0.355 e. The van der Waals surface area contributed by atoms with Crippen molar-refractivity contribution in [3.8, 4) is 0 Å². The van der Waals surface area contributed by atoms with Crippen molar-refractivity contribution in [1.29, 1.82) is 0 Å². The Labute approximate surface area is 219 Å². The lowest BCUT2D eigenvalue weighted by Gasteiger charge is -2.31. The Morgan fingerprint density at radius 2 is 1.84 bits per heavy atom. The summed E-state index contributed by atoms with van der Waals surface area (Å²) in [5.41, 5.74) is 1.31. The predicted molar refractivity (Wildman–Crippen MR) is 136 cm³/mol. The van der Waals surface area contributed by atoms with Crippen LogP contribution in [0.5, 0.6) is 0 Å². The number of nitrogens with zero attached hydrogens (tertiary/aromatic N) is 3. The van der Waals surface area contributed by atoms with Gasteiger partial charge in [0.2, 0.25) is 0 Å². The Kier molecular flexibility index (Phi) is 7.93. The third kappa shape index (κ3) is 5.04. The molecule has 2 aromatic rings. The first kappa shape index (κ1) is 27.0. The zero-order valence-electron chi connectivity index (χ0n) is 21.5. The lowest BCUT2D eigenvalue weighted by Crippen LogP contribution is -2.42. The summed E-state index contributed by atoms with van der Waals surface area (Å²) in [6.45, 7) is 8.27. The van der Waals surface area contributed by atoms with Gasteiger partial charge in [-0.2, -0.15) is 0 Å². The molecule has 12 heteroatoms. The second kappa shape index (κ2) is 11.2. The summed E-state index contributed by atoms with van der Waals surface area (Å²) in [5.74, 6) is -2.68. The fraction of sp³-hybridized carbons (Fsp3) is 0.423. The van der Waals surface area contributed by atoms with Crippen LogP contribution in [0.15, 0.2) is 29.8 Å². The molecule has 12 nitrogen and oxygen atoms in total. The molecule has 0 aliphatic carbocycles. The van der Waals surface area contributed by atoms with Crippen molar-refractivity contribution in [2.75, 3.05) is 46.0 Å². The molecule has 38 heavy (non-hydrogen) atoms. The number of hydrogen-bond donors (Lipinski definition) is 2. The number of rotatable bonds is 8. The molecule has 1 unspecified atom stereocenters. The average Bonchev–Trinajstić information content (AvgIpc) is 3.34. The number of aliphatic hydroxyl groups excluding tert-OH is 1. The predicted octanol–water partition coefficient (Wildman–Crippen LogP) is 2.47. The van der Waals surface area contributed by atoms with Gasteiger partial charge in [-0.1, -0.05) is 0 Å². The molecule has 1 aromatic heterocycles. The Morgan fingerprint density at radius 1 is 1.18 bits per heavy atom. The highest BCUT2D eigenvalue weighted by Gasteiger charge is 2.46.